The van der Waals surface area contributed by atoms with Gasteiger partial charge >= 0.3 is 5.97 Å². The number of nitrogens with one attached hydrogen (secondary N) is 1. The lowest BCUT2D eigenvalue weighted by Gasteiger charge is -2.27. The zero-order valence-electron chi connectivity index (χ0n) is 15.4. The molecule has 1 saturated heterocycles. The monoisotopic (exact) mass is 371 g/mol. The Labute approximate surface area is 154 Å². The number of amides is 2. The molecule has 0 aromatic carbocycles. The van der Waals surface area contributed by atoms with Crippen molar-refractivity contribution in [3.8, 4) is 0 Å². The number of carbonyl (C=O) groups is 3. The van der Waals surface area contributed by atoms with Gasteiger partial charge in [0.05, 0.1) is 6.04 Å². The zero-order valence-corrected chi connectivity index (χ0v) is 15.4. The van der Waals surface area contributed by atoms with Crippen LogP contribution in [0.3, 0.4) is 0 Å². The van der Waals surface area contributed by atoms with E-state index in [0.717, 1.165) is 12.8 Å². The van der Waals surface area contributed by atoms with E-state index in [1.54, 1.807) is 0 Å². The topological polar surface area (TPSA) is 165 Å². The number of carboxylic acids is 1. The Kier molecular flexibility index (Phi) is 10.2. The van der Waals surface area contributed by atoms with Crippen LogP contribution in [-0.2, 0) is 14.4 Å². The largest absolute Gasteiger partial charge is 0.480 e. The van der Waals surface area contributed by atoms with Gasteiger partial charge in [0.25, 0.3) is 0 Å². The van der Waals surface area contributed by atoms with Gasteiger partial charge in [0.15, 0.2) is 0 Å². The van der Waals surface area contributed by atoms with Gasteiger partial charge < -0.3 is 32.5 Å². The average Bonchev–Trinajstić information content (AvgIpc) is 3.10. The lowest BCUT2D eigenvalue weighted by Crippen LogP contribution is -2.53. The second-order valence-corrected chi connectivity index (χ2v) is 6.76. The van der Waals surface area contributed by atoms with Crippen molar-refractivity contribution in [2.75, 3.05) is 19.6 Å². The Hall–Kier alpha value is -1.71. The van der Waals surface area contributed by atoms with Gasteiger partial charge in [0.2, 0.25) is 11.8 Å². The van der Waals surface area contributed by atoms with Crippen LogP contribution < -0.4 is 22.5 Å². The Morgan fingerprint density at radius 1 is 1.08 bits per heavy atom. The zero-order chi connectivity index (χ0) is 19.5. The van der Waals surface area contributed by atoms with E-state index in [-0.39, 0.29) is 5.91 Å². The molecule has 0 aromatic heterocycles. The van der Waals surface area contributed by atoms with E-state index in [9.17, 15) is 19.5 Å². The van der Waals surface area contributed by atoms with Crippen LogP contribution >= 0.6 is 0 Å². The predicted molar refractivity (Wildman–Crippen MR) is 98.1 cm³/mol. The van der Waals surface area contributed by atoms with Gasteiger partial charge in [-0.25, -0.2) is 4.79 Å². The minimum atomic E-state index is -1.08. The summed E-state index contributed by atoms with van der Waals surface area (Å²) in [5, 5.41) is 11.9. The Morgan fingerprint density at radius 3 is 2.27 bits per heavy atom. The number of nitrogens with two attached hydrogens (primary N) is 3. The highest BCUT2D eigenvalue weighted by molar-refractivity contribution is 5.92. The summed E-state index contributed by atoms with van der Waals surface area (Å²) in [4.78, 5) is 37.9. The van der Waals surface area contributed by atoms with Crippen LogP contribution in [0.1, 0.15) is 51.4 Å². The number of hydrogen-bond acceptors (Lipinski definition) is 6. The van der Waals surface area contributed by atoms with Crippen molar-refractivity contribution in [2.24, 2.45) is 17.2 Å². The van der Waals surface area contributed by atoms with Crippen LogP contribution in [-0.4, -0.2) is 65.5 Å². The molecular weight excluding hydrogens is 338 g/mol. The standard InChI is InChI=1S/C17H33N5O4/c18-9-3-1-6-12(20)16(24)22-11-5-8-14(22)15(23)21-13(17(25)26)7-2-4-10-19/h12-14H,1-11,18-20H2,(H,21,23)(H,25,26). The van der Waals surface area contributed by atoms with E-state index in [0.29, 0.717) is 58.2 Å². The summed E-state index contributed by atoms with van der Waals surface area (Å²) >= 11 is 0. The summed E-state index contributed by atoms with van der Waals surface area (Å²) in [5.41, 5.74) is 16.8. The van der Waals surface area contributed by atoms with E-state index < -0.39 is 30.0 Å². The first-order chi connectivity index (χ1) is 12.4. The van der Waals surface area contributed by atoms with E-state index >= 15 is 0 Å². The molecule has 0 spiro atoms. The molecule has 9 nitrogen and oxygen atoms in total. The summed E-state index contributed by atoms with van der Waals surface area (Å²) in [7, 11) is 0. The number of likely N-dealkylation sites (tertiary alicyclic amines) is 1. The third-order valence-electron chi connectivity index (χ3n) is 4.69. The average molecular weight is 371 g/mol. The molecule has 1 aliphatic heterocycles. The number of rotatable bonds is 12. The fourth-order valence-corrected chi connectivity index (χ4v) is 3.17. The van der Waals surface area contributed by atoms with Crippen LogP contribution in [0.2, 0.25) is 0 Å². The summed E-state index contributed by atoms with van der Waals surface area (Å²) in [5.74, 6) is -1.76. The van der Waals surface area contributed by atoms with Gasteiger partial charge in [-0.3, -0.25) is 9.59 Å². The van der Waals surface area contributed by atoms with Crippen LogP contribution in [0.4, 0.5) is 0 Å². The fraction of sp³-hybridized carbons (Fsp3) is 0.824. The van der Waals surface area contributed by atoms with Gasteiger partial charge in [-0.2, -0.15) is 0 Å². The Morgan fingerprint density at radius 2 is 1.69 bits per heavy atom. The van der Waals surface area contributed by atoms with E-state index in [4.69, 9.17) is 17.2 Å². The van der Waals surface area contributed by atoms with Crippen LogP contribution in [0, 0.1) is 0 Å². The summed E-state index contributed by atoms with van der Waals surface area (Å²) in [6.45, 7) is 1.50. The molecular formula is C17H33N5O4. The molecule has 3 unspecified atom stereocenters. The van der Waals surface area contributed by atoms with Gasteiger partial charge in [-0.1, -0.05) is 6.42 Å². The van der Waals surface area contributed by atoms with Crippen molar-refractivity contribution < 1.29 is 19.5 Å². The molecule has 1 heterocycles. The van der Waals surface area contributed by atoms with Crippen molar-refractivity contribution in [3.63, 3.8) is 0 Å². The molecule has 0 radical (unpaired) electrons. The van der Waals surface area contributed by atoms with Crippen LogP contribution in [0.15, 0.2) is 0 Å². The molecule has 8 N–H and O–H groups in total. The molecule has 26 heavy (non-hydrogen) atoms. The maximum absolute atomic E-state index is 12.5. The van der Waals surface area contributed by atoms with Crippen molar-refractivity contribution >= 4 is 17.8 Å². The number of hydrogen-bond donors (Lipinski definition) is 5. The first-order valence-electron chi connectivity index (χ1n) is 9.41. The first kappa shape index (κ1) is 22.3. The Bertz CT molecular complexity index is 474. The minimum Gasteiger partial charge on any atom is -0.480 e. The molecule has 0 bridgehead atoms. The van der Waals surface area contributed by atoms with E-state index in [1.807, 2.05) is 0 Å². The quantitative estimate of drug-likeness (QED) is 0.278. The first-order valence-corrected chi connectivity index (χ1v) is 9.41. The molecule has 0 aromatic rings. The summed E-state index contributed by atoms with van der Waals surface area (Å²) < 4.78 is 0. The van der Waals surface area contributed by atoms with Crippen LogP contribution in [0.5, 0.6) is 0 Å². The van der Waals surface area contributed by atoms with Gasteiger partial charge in [0.1, 0.15) is 12.1 Å². The van der Waals surface area contributed by atoms with Gasteiger partial charge in [-0.15, -0.1) is 0 Å². The highest BCUT2D eigenvalue weighted by Gasteiger charge is 2.37. The second-order valence-electron chi connectivity index (χ2n) is 6.76. The van der Waals surface area contributed by atoms with Crippen molar-refractivity contribution in [1.82, 2.24) is 10.2 Å². The highest BCUT2D eigenvalue weighted by atomic mass is 16.4. The molecule has 0 saturated carbocycles. The molecule has 1 rings (SSSR count). The highest BCUT2D eigenvalue weighted by Crippen LogP contribution is 2.19. The third kappa shape index (κ3) is 6.89. The normalized spacial score (nSPS) is 19.2. The maximum atomic E-state index is 12.5. The van der Waals surface area contributed by atoms with Crippen molar-refractivity contribution in [2.45, 2.75) is 69.5 Å². The number of carboxylic acid groups (broad SMARTS) is 1. The minimum absolute atomic E-state index is 0.255. The van der Waals surface area contributed by atoms with Gasteiger partial charge in [0, 0.05) is 6.54 Å². The molecule has 1 aliphatic rings. The van der Waals surface area contributed by atoms with E-state index in [1.165, 1.54) is 4.90 Å². The molecule has 0 aliphatic carbocycles. The second kappa shape index (κ2) is 11.8. The summed E-state index contributed by atoms with van der Waals surface area (Å²) in [6, 6.07) is -2.28. The molecule has 150 valence electrons. The third-order valence-corrected chi connectivity index (χ3v) is 4.69. The van der Waals surface area contributed by atoms with Gasteiger partial charge in [-0.05, 0) is 58.0 Å². The van der Waals surface area contributed by atoms with Crippen LogP contribution in [0.25, 0.3) is 0 Å². The summed E-state index contributed by atoms with van der Waals surface area (Å²) in [6.07, 6.45) is 4.94. The Balaban J connectivity index is 2.62. The number of carbonyl (C=O) groups excluding carboxylic acids is 2. The lowest BCUT2D eigenvalue weighted by atomic mass is 10.1. The number of unbranched alkanes of at least 4 members (excludes halogenated alkanes) is 2. The lowest BCUT2D eigenvalue weighted by molar-refractivity contribution is -0.144. The molecule has 9 heteroatoms. The molecule has 1 fully saturated rings. The SMILES string of the molecule is NCCCCC(N)C(=O)N1CCCC1C(=O)NC(CCCCN)C(=O)O. The van der Waals surface area contributed by atoms with Crippen molar-refractivity contribution in [3.05, 3.63) is 0 Å². The number of aliphatic carboxylic acids is 1. The smallest absolute Gasteiger partial charge is 0.326 e. The molecule has 2 amide bonds. The molecule has 3 atom stereocenters. The van der Waals surface area contributed by atoms with Crippen molar-refractivity contribution in [1.29, 1.82) is 0 Å². The van der Waals surface area contributed by atoms with E-state index in [2.05, 4.69) is 5.32 Å². The maximum Gasteiger partial charge on any atom is 0.326 e. The number of nitrogens with zero attached hydrogens (tertiary/aromatic N) is 1. The predicted octanol–water partition coefficient (Wildman–Crippen LogP) is -0.868. The fourth-order valence-electron chi connectivity index (χ4n) is 3.17.